The summed E-state index contributed by atoms with van der Waals surface area (Å²) in [4.78, 5) is 13.9. The number of nitrogens with one attached hydrogen (secondary N) is 1. The van der Waals surface area contributed by atoms with Crippen molar-refractivity contribution in [3.8, 4) is 0 Å². The second-order valence-electron chi connectivity index (χ2n) is 6.21. The summed E-state index contributed by atoms with van der Waals surface area (Å²) in [6.45, 7) is 10.6. The standard InChI is InChI=1S/C14H31N3O3/c1-10(9-19-7)17(6)12(8-15)11(2)16-13(18)20-14(3,4)5/h10-12H,8-9,15H2,1-7H3,(H,16,18). The van der Waals surface area contributed by atoms with Crippen LogP contribution in [0.2, 0.25) is 0 Å². The first-order valence-corrected chi connectivity index (χ1v) is 7.02. The zero-order valence-electron chi connectivity index (χ0n) is 13.9. The first kappa shape index (κ1) is 19.1. The van der Waals surface area contributed by atoms with Crippen molar-refractivity contribution in [2.24, 2.45) is 5.73 Å². The number of hydrogen-bond acceptors (Lipinski definition) is 5. The summed E-state index contributed by atoms with van der Waals surface area (Å²) in [7, 11) is 3.65. The van der Waals surface area contributed by atoms with Crippen LogP contribution in [0.25, 0.3) is 0 Å². The van der Waals surface area contributed by atoms with E-state index in [2.05, 4.69) is 17.1 Å². The Morgan fingerprint density at radius 2 is 1.90 bits per heavy atom. The second-order valence-corrected chi connectivity index (χ2v) is 6.21. The van der Waals surface area contributed by atoms with Gasteiger partial charge in [0, 0.05) is 31.8 Å². The highest BCUT2D eigenvalue weighted by molar-refractivity contribution is 5.68. The van der Waals surface area contributed by atoms with Gasteiger partial charge in [0.15, 0.2) is 0 Å². The minimum absolute atomic E-state index is 0.0210. The molecule has 0 aliphatic carbocycles. The summed E-state index contributed by atoms with van der Waals surface area (Å²) < 4.78 is 10.4. The average molecular weight is 289 g/mol. The molecule has 0 aromatic carbocycles. The topological polar surface area (TPSA) is 76.8 Å². The van der Waals surface area contributed by atoms with Crippen molar-refractivity contribution >= 4 is 6.09 Å². The molecule has 0 aliphatic rings. The Hall–Kier alpha value is -0.850. The SMILES string of the molecule is COCC(C)N(C)C(CN)C(C)NC(=O)OC(C)(C)C. The summed E-state index contributed by atoms with van der Waals surface area (Å²) in [5.41, 5.74) is 5.33. The van der Waals surface area contributed by atoms with E-state index < -0.39 is 11.7 Å². The Balaban J connectivity index is 4.54. The van der Waals surface area contributed by atoms with Crippen molar-refractivity contribution in [1.29, 1.82) is 0 Å². The molecule has 120 valence electrons. The fourth-order valence-corrected chi connectivity index (χ4v) is 2.00. The van der Waals surface area contributed by atoms with Crippen LogP contribution in [-0.4, -0.2) is 62.0 Å². The van der Waals surface area contributed by atoms with Gasteiger partial charge in [0.25, 0.3) is 0 Å². The number of nitrogens with two attached hydrogens (primary N) is 1. The number of alkyl carbamates (subject to hydrolysis) is 1. The van der Waals surface area contributed by atoms with Crippen molar-refractivity contribution in [2.75, 3.05) is 27.3 Å². The van der Waals surface area contributed by atoms with Crippen LogP contribution in [0.3, 0.4) is 0 Å². The van der Waals surface area contributed by atoms with Gasteiger partial charge < -0.3 is 20.5 Å². The number of amides is 1. The third-order valence-electron chi connectivity index (χ3n) is 3.19. The molecule has 3 N–H and O–H groups in total. The van der Waals surface area contributed by atoms with Gasteiger partial charge in [-0.05, 0) is 41.7 Å². The Labute approximate surface area is 123 Å². The van der Waals surface area contributed by atoms with Crippen molar-refractivity contribution in [1.82, 2.24) is 10.2 Å². The predicted octanol–water partition coefficient (Wildman–Crippen LogP) is 1.19. The largest absolute Gasteiger partial charge is 0.444 e. The molecule has 6 heteroatoms. The van der Waals surface area contributed by atoms with E-state index in [0.29, 0.717) is 13.2 Å². The van der Waals surface area contributed by atoms with E-state index in [4.69, 9.17) is 15.2 Å². The van der Waals surface area contributed by atoms with Gasteiger partial charge in [-0.15, -0.1) is 0 Å². The van der Waals surface area contributed by atoms with E-state index in [-0.39, 0.29) is 18.1 Å². The van der Waals surface area contributed by atoms with Crippen LogP contribution in [0.4, 0.5) is 4.79 Å². The molecule has 1 amide bonds. The number of nitrogens with zero attached hydrogens (tertiary/aromatic N) is 1. The summed E-state index contributed by atoms with van der Waals surface area (Å²) in [6, 6.07) is 0.128. The van der Waals surface area contributed by atoms with E-state index in [1.807, 2.05) is 34.7 Å². The highest BCUT2D eigenvalue weighted by atomic mass is 16.6. The minimum Gasteiger partial charge on any atom is -0.444 e. The molecule has 0 aliphatic heterocycles. The summed E-state index contributed by atoms with van der Waals surface area (Å²) >= 11 is 0. The molecule has 20 heavy (non-hydrogen) atoms. The van der Waals surface area contributed by atoms with Crippen LogP contribution in [0.5, 0.6) is 0 Å². The molecule has 0 saturated carbocycles. The van der Waals surface area contributed by atoms with Crippen molar-refractivity contribution in [3.05, 3.63) is 0 Å². The highest BCUT2D eigenvalue weighted by Gasteiger charge is 2.26. The van der Waals surface area contributed by atoms with Gasteiger partial charge >= 0.3 is 6.09 Å². The molecule has 6 nitrogen and oxygen atoms in total. The van der Waals surface area contributed by atoms with Crippen LogP contribution in [0.15, 0.2) is 0 Å². The molecule has 0 fully saturated rings. The number of ether oxygens (including phenoxy) is 2. The monoisotopic (exact) mass is 289 g/mol. The van der Waals surface area contributed by atoms with Gasteiger partial charge in [0.2, 0.25) is 0 Å². The van der Waals surface area contributed by atoms with Crippen LogP contribution in [0, 0.1) is 0 Å². The molecule has 0 heterocycles. The van der Waals surface area contributed by atoms with E-state index in [9.17, 15) is 4.79 Å². The number of carbonyl (C=O) groups is 1. The third-order valence-corrected chi connectivity index (χ3v) is 3.19. The Bertz CT molecular complexity index is 292. The minimum atomic E-state index is -0.503. The van der Waals surface area contributed by atoms with Crippen LogP contribution in [-0.2, 0) is 9.47 Å². The third kappa shape index (κ3) is 7.07. The van der Waals surface area contributed by atoms with Crippen molar-refractivity contribution < 1.29 is 14.3 Å². The Morgan fingerprint density at radius 3 is 2.30 bits per heavy atom. The Morgan fingerprint density at radius 1 is 1.35 bits per heavy atom. The van der Waals surface area contributed by atoms with Gasteiger partial charge in [0.05, 0.1) is 6.61 Å². The van der Waals surface area contributed by atoms with Gasteiger partial charge in [-0.2, -0.15) is 0 Å². The molecule has 0 spiro atoms. The number of methoxy groups -OCH3 is 1. The normalized spacial score (nSPS) is 16.6. The van der Waals surface area contributed by atoms with Crippen LogP contribution < -0.4 is 11.1 Å². The van der Waals surface area contributed by atoms with Gasteiger partial charge in [-0.3, -0.25) is 4.90 Å². The number of rotatable bonds is 7. The van der Waals surface area contributed by atoms with Gasteiger partial charge in [-0.25, -0.2) is 4.79 Å². The first-order chi connectivity index (χ1) is 9.12. The maximum absolute atomic E-state index is 11.8. The molecule has 0 saturated heterocycles. The van der Waals surface area contributed by atoms with Crippen molar-refractivity contribution in [2.45, 2.75) is 58.3 Å². The van der Waals surface area contributed by atoms with E-state index >= 15 is 0 Å². The fraction of sp³-hybridized carbons (Fsp3) is 0.929. The van der Waals surface area contributed by atoms with Crippen molar-refractivity contribution in [3.63, 3.8) is 0 Å². The van der Waals surface area contributed by atoms with E-state index in [1.54, 1.807) is 7.11 Å². The number of carbonyl (C=O) groups excluding carboxylic acids is 1. The smallest absolute Gasteiger partial charge is 0.407 e. The molecule has 0 bridgehead atoms. The zero-order chi connectivity index (χ0) is 15.9. The lowest BCUT2D eigenvalue weighted by molar-refractivity contribution is 0.0433. The Kier molecular flexibility index (Phi) is 8.08. The predicted molar refractivity (Wildman–Crippen MR) is 80.8 cm³/mol. The second kappa shape index (κ2) is 8.44. The summed E-state index contributed by atoms with van der Waals surface area (Å²) in [5, 5.41) is 2.84. The fourth-order valence-electron chi connectivity index (χ4n) is 2.00. The molecular formula is C14H31N3O3. The maximum Gasteiger partial charge on any atom is 0.407 e. The molecule has 3 unspecified atom stereocenters. The van der Waals surface area contributed by atoms with Gasteiger partial charge in [0.1, 0.15) is 5.60 Å². The summed E-state index contributed by atoms with van der Waals surface area (Å²) in [5.74, 6) is 0. The zero-order valence-corrected chi connectivity index (χ0v) is 13.9. The molecule has 3 atom stereocenters. The highest BCUT2D eigenvalue weighted by Crippen LogP contribution is 2.10. The maximum atomic E-state index is 11.8. The molecule has 0 aromatic rings. The lowest BCUT2D eigenvalue weighted by atomic mass is 10.1. The van der Waals surface area contributed by atoms with E-state index in [0.717, 1.165) is 0 Å². The van der Waals surface area contributed by atoms with Crippen LogP contribution >= 0.6 is 0 Å². The average Bonchev–Trinajstić information content (AvgIpc) is 2.27. The molecule has 0 aromatic heterocycles. The lowest BCUT2D eigenvalue weighted by Crippen LogP contribution is -2.56. The summed E-state index contributed by atoms with van der Waals surface area (Å²) in [6.07, 6.45) is -0.420. The van der Waals surface area contributed by atoms with Gasteiger partial charge in [-0.1, -0.05) is 0 Å². The lowest BCUT2D eigenvalue weighted by Gasteiger charge is -2.36. The first-order valence-electron chi connectivity index (χ1n) is 7.02. The van der Waals surface area contributed by atoms with Crippen LogP contribution in [0.1, 0.15) is 34.6 Å². The number of likely N-dealkylation sites (N-methyl/N-ethyl adjacent to an activating group) is 1. The molecule has 0 radical (unpaired) electrons. The molecule has 0 rings (SSSR count). The van der Waals surface area contributed by atoms with E-state index in [1.165, 1.54) is 0 Å². The number of hydrogen-bond donors (Lipinski definition) is 2. The molecular weight excluding hydrogens is 258 g/mol. The quantitative estimate of drug-likeness (QED) is 0.736.